The van der Waals surface area contributed by atoms with E-state index in [9.17, 15) is 4.79 Å². The van der Waals surface area contributed by atoms with Crippen molar-refractivity contribution in [1.82, 2.24) is 9.80 Å². The molecule has 0 bridgehead atoms. The average molecular weight is 395 g/mol. The lowest BCUT2D eigenvalue weighted by atomic mass is 10.1. The molecular weight excluding hydrogens is 364 g/mol. The van der Waals surface area contributed by atoms with Gasteiger partial charge in [0, 0.05) is 38.3 Å². The standard InChI is InChI=1S/C24H30N2O3/c27-24(26-15-2-1-3-16-26)20-8-10-22(11-9-20)29-23-12-17-25(18-13-23)14-4-6-21-7-5-19-28-21/h4-11,19,23H,1-3,12-18H2. The van der Waals surface area contributed by atoms with Crippen molar-refractivity contribution < 1.29 is 13.9 Å². The molecule has 2 aliphatic rings. The first kappa shape index (κ1) is 19.8. The summed E-state index contributed by atoms with van der Waals surface area (Å²) in [6, 6.07) is 11.5. The molecule has 5 nitrogen and oxygen atoms in total. The van der Waals surface area contributed by atoms with Crippen LogP contribution in [0.5, 0.6) is 5.75 Å². The summed E-state index contributed by atoms with van der Waals surface area (Å²) in [6.45, 7) is 4.75. The quantitative estimate of drug-likeness (QED) is 0.726. The molecule has 2 aliphatic heterocycles. The second-order valence-electron chi connectivity index (χ2n) is 7.91. The molecule has 2 saturated heterocycles. The third kappa shape index (κ3) is 5.51. The van der Waals surface area contributed by atoms with Gasteiger partial charge in [-0.15, -0.1) is 0 Å². The highest BCUT2D eigenvalue weighted by atomic mass is 16.5. The number of rotatable bonds is 6. The Labute approximate surface area is 172 Å². The minimum absolute atomic E-state index is 0.146. The third-order valence-electron chi connectivity index (χ3n) is 5.77. The first-order valence-electron chi connectivity index (χ1n) is 10.8. The first-order valence-corrected chi connectivity index (χ1v) is 10.8. The molecule has 0 saturated carbocycles. The fourth-order valence-corrected chi connectivity index (χ4v) is 4.06. The number of nitrogens with zero attached hydrogens (tertiary/aromatic N) is 2. The number of furan rings is 1. The molecule has 2 fully saturated rings. The van der Waals surface area contributed by atoms with Crippen molar-refractivity contribution in [2.75, 3.05) is 32.7 Å². The number of hydrogen-bond acceptors (Lipinski definition) is 4. The topological polar surface area (TPSA) is 45.9 Å². The smallest absolute Gasteiger partial charge is 0.253 e. The number of carbonyl (C=O) groups excluding carboxylic acids is 1. The van der Waals surface area contributed by atoms with Crippen molar-refractivity contribution in [3.8, 4) is 5.75 Å². The molecule has 1 aromatic heterocycles. The molecular formula is C24H30N2O3. The van der Waals surface area contributed by atoms with E-state index in [4.69, 9.17) is 9.15 Å². The normalized spacial score (nSPS) is 19.0. The maximum Gasteiger partial charge on any atom is 0.253 e. The summed E-state index contributed by atoms with van der Waals surface area (Å²) in [6.07, 6.45) is 11.6. The molecule has 1 amide bonds. The highest BCUT2D eigenvalue weighted by molar-refractivity contribution is 5.94. The summed E-state index contributed by atoms with van der Waals surface area (Å²) in [5.41, 5.74) is 0.761. The summed E-state index contributed by atoms with van der Waals surface area (Å²) in [7, 11) is 0. The fourth-order valence-electron chi connectivity index (χ4n) is 4.06. The van der Waals surface area contributed by atoms with Crippen LogP contribution in [0.1, 0.15) is 48.2 Å². The third-order valence-corrected chi connectivity index (χ3v) is 5.77. The minimum atomic E-state index is 0.146. The van der Waals surface area contributed by atoms with Crippen molar-refractivity contribution in [3.63, 3.8) is 0 Å². The molecule has 4 rings (SSSR count). The summed E-state index contributed by atoms with van der Waals surface area (Å²) >= 11 is 0. The van der Waals surface area contributed by atoms with Gasteiger partial charge in [0.15, 0.2) is 0 Å². The van der Waals surface area contributed by atoms with E-state index in [1.807, 2.05) is 47.4 Å². The fraction of sp³-hybridized carbons (Fsp3) is 0.458. The zero-order chi connectivity index (χ0) is 19.9. The zero-order valence-electron chi connectivity index (χ0n) is 17.0. The number of carbonyl (C=O) groups is 1. The molecule has 0 atom stereocenters. The van der Waals surface area contributed by atoms with Gasteiger partial charge in [0.05, 0.1) is 6.26 Å². The molecule has 154 valence electrons. The maximum atomic E-state index is 12.6. The van der Waals surface area contributed by atoms with Gasteiger partial charge in [0.2, 0.25) is 0 Å². The Hall–Kier alpha value is -2.53. The summed E-state index contributed by atoms with van der Waals surface area (Å²) in [5, 5.41) is 0. The van der Waals surface area contributed by atoms with Crippen LogP contribution in [0, 0.1) is 0 Å². The van der Waals surface area contributed by atoms with E-state index in [2.05, 4.69) is 11.0 Å². The molecule has 0 spiro atoms. The average Bonchev–Trinajstić information content (AvgIpc) is 3.29. The van der Waals surface area contributed by atoms with Crippen LogP contribution in [0.3, 0.4) is 0 Å². The molecule has 0 radical (unpaired) electrons. The lowest BCUT2D eigenvalue weighted by Gasteiger charge is -2.31. The Balaban J connectivity index is 1.21. The Morgan fingerprint density at radius 2 is 1.79 bits per heavy atom. The predicted molar refractivity (Wildman–Crippen MR) is 114 cm³/mol. The van der Waals surface area contributed by atoms with E-state index in [1.165, 1.54) is 6.42 Å². The number of hydrogen-bond donors (Lipinski definition) is 0. The van der Waals surface area contributed by atoms with Gasteiger partial charge in [0.25, 0.3) is 5.91 Å². The number of piperidine rings is 2. The van der Waals surface area contributed by atoms with E-state index in [1.54, 1.807) is 6.26 Å². The van der Waals surface area contributed by atoms with Crippen LogP contribution in [0.4, 0.5) is 0 Å². The molecule has 29 heavy (non-hydrogen) atoms. The molecule has 0 unspecified atom stereocenters. The van der Waals surface area contributed by atoms with Crippen molar-refractivity contribution in [1.29, 1.82) is 0 Å². The van der Waals surface area contributed by atoms with Gasteiger partial charge in [-0.25, -0.2) is 0 Å². The van der Waals surface area contributed by atoms with Gasteiger partial charge < -0.3 is 14.1 Å². The van der Waals surface area contributed by atoms with Crippen LogP contribution in [0.25, 0.3) is 6.08 Å². The summed E-state index contributed by atoms with van der Waals surface area (Å²) < 4.78 is 11.5. The number of likely N-dealkylation sites (tertiary alicyclic amines) is 2. The van der Waals surface area contributed by atoms with Crippen LogP contribution in [-0.2, 0) is 0 Å². The van der Waals surface area contributed by atoms with Gasteiger partial charge >= 0.3 is 0 Å². The Morgan fingerprint density at radius 3 is 2.48 bits per heavy atom. The highest BCUT2D eigenvalue weighted by Gasteiger charge is 2.21. The summed E-state index contributed by atoms with van der Waals surface area (Å²) in [4.78, 5) is 17.0. The van der Waals surface area contributed by atoms with Gasteiger partial charge in [-0.2, -0.15) is 0 Å². The van der Waals surface area contributed by atoms with Crippen molar-refractivity contribution in [2.24, 2.45) is 0 Å². The lowest BCUT2D eigenvalue weighted by Crippen LogP contribution is -2.38. The second kappa shape index (κ2) is 9.79. The molecule has 2 aromatic rings. The zero-order valence-corrected chi connectivity index (χ0v) is 17.0. The maximum absolute atomic E-state index is 12.6. The van der Waals surface area contributed by atoms with Crippen LogP contribution in [-0.4, -0.2) is 54.5 Å². The van der Waals surface area contributed by atoms with Crippen LogP contribution >= 0.6 is 0 Å². The number of ether oxygens (including phenoxy) is 1. The van der Waals surface area contributed by atoms with E-state index in [-0.39, 0.29) is 12.0 Å². The molecule has 1 aromatic carbocycles. The van der Waals surface area contributed by atoms with Crippen molar-refractivity contribution in [2.45, 2.75) is 38.2 Å². The largest absolute Gasteiger partial charge is 0.490 e. The SMILES string of the molecule is O=C(c1ccc(OC2CCN(CC=Cc3ccco3)CC2)cc1)N1CCCCC1. The van der Waals surface area contributed by atoms with E-state index in [0.717, 1.165) is 75.5 Å². The van der Waals surface area contributed by atoms with Gasteiger partial charge in [-0.05, 0) is 74.6 Å². The Kier molecular flexibility index (Phi) is 6.67. The monoisotopic (exact) mass is 394 g/mol. The molecule has 5 heteroatoms. The van der Waals surface area contributed by atoms with Gasteiger partial charge in [0.1, 0.15) is 17.6 Å². The van der Waals surface area contributed by atoms with E-state index in [0.29, 0.717) is 0 Å². The summed E-state index contributed by atoms with van der Waals surface area (Å²) in [5.74, 6) is 1.90. The van der Waals surface area contributed by atoms with Gasteiger partial charge in [-0.1, -0.05) is 6.08 Å². The van der Waals surface area contributed by atoms with Crippen LogP contribution in [0.2, 0.25) is 0 Å². The Bertz CT molecular complexity index is 784. The van der Waals surface area contributed by atoms with Crippen molar-refractivity contribution in [3.05, 3.63) is 60.1 Å². The molecule has 0 N–H and O–H groups in total. The minimum Gasteiger partial charge on any atom is -0.490 e. The van der Waals surface area contributed by atoms with E-state index < -0.39 is 0 Å². The number of amides is 1. The van der Waals surface area contributed by atoms with Crippen LogP contribution < -0.4 is 4.74 Å². The highest BCUT2D eigenvalue weighted by Crippen LogP contribution is 2.21. The molecule has 0 aliphatic carbocycles. The first-order chi connectivity index (χ1) is 14.3. The van der Waals surface area contributed by atoms with Crippen LogP contribution in [0.15, 0.2) is 53.2 Å². The molecule has 3 heterocycles. The Morgan fingerprint density at radius 1 is 1.03 bits per heavy atom. The van der Waals surface area contributed by atoms with Gasteiger partial charge in [-0.3, -0.25) is 9.69 Å². The van der Waals surface area contributed by atoms with E-state index >= 15 is 0 Å². The predicted octanol–water partition coefficient (Wildman–Crippen LogP) is 4.46. The lowest BCUT2D eigenvalue weighted by molar-refractivity contribution is 0.0724. The van der Waals surface area contributed by atoms with Crippen molar-refractivity contribution >= 4 is 12.0 Å². The second-order valence-corrected chi connectivity index (χ2v) is 7.91. The number of benzene rings is 1.